The molecule has 4 heteroatoms. The van der Waals surface area contributed by atoms with E-state index in [1.54, 1.807) is 0 Å². The van der Waals surface area contributed by atoms with Crippen LogP contribution in [0.4, 0.5) is 0 Å². The van der Waals surface area contributed by atoms with E-state index in [-0.39, 0.29) is 11.9 Å². The number of hydrogen-bond donors (Lipinski definition) is 2. The molecule has 0 aliphatic heterocycles. The normalized spacial score (nSPS) is 14.0. The molecule has 1 aromatic carbocycles. The van der Waals surface area contributed by atoms with Crippen molar-refractivity contribution < 1.29 is 4.79 Å². The third kappa shape index (κ3) is 4.78. The summed E-state index contributed by atoms with van der Waals surface area (Å²) in [5.74, 6) is 0.0264. The fourth-order valence-corrected chi connectivity index (χ4v) is 2.24. The molecule has 18 heavy (non-hydrogen) atoms. The molecule has 100 valence electrons. The van der Waals surface area contributed by atoms with Gasteiger partial charge in [0.1, 0.15) is 0 Å². The minimum absolute atomic E-state index is 0.00630. The van der Waals surface area contributed by atoms with E-state index in [2.05, 4.69) is 40.4 Å². The average Bonchev–Trinajstić information content (AvgIpc) is 2.36. The van der Waals surface area contributed by atoms with Crippen molar-refractivity contribution in [2.45, 2.75) is 39.3 Å². The smallest absolute Gasteiger partial charge is 0.234 e. The first-order chi connectivity index (χ1) is 8.54. The van der Waals surface area contributed by atoms with Crippen molar-refractivity contribution in [1.82, 2.24) is 10.6 Å². The Labute approximate surface area is 117 Å². The Bertz CT molecular complexity index is 395. The maximum atomic E-state index is 11.8. The summed E-state index contributed by atoms with van der Waals surface area (Å²) in [7, 11) is 0. The molecule has 2 N–H and O–H groups in total. The van der Waals surface area contributed by atoms with Crippen LogP contribution in [0, 0.1) is 0 Å². The lowest BCUT2D eigenvalue weighted by molar-refractivity contribution is -0.121. The SMILES string of the molecule is CCC(C)NCC(=O)NC(C)c1ccccc1Br. The van der Waals surface area contributed by atoms with Gasteiger partial charge >= 0.3 is 0 Å². The van der Waals surface area contributed by atoms with Crippen LogP contribution in [0.2, 0.25) is 0 Å². The highest BCUT2D eigenvalue weighted by molar-refractivity contribution is 9.10. The van der Waals surface area contributed by atoms with Gasteiger partial charge in [-0.2, -0.15) is 0 Å². The van der Waals surface area contributed by atoms with Gasteiger partial charge in [0.25, 0.3) is 0 Å². The van der Waals surface area contributed by atoms with Gasteiger partial charge in [-0.25, -0.2) is 0 Å². The second kappa shape index (κ2) is 7.54. The van der Waals surface area contributed by atoms with Crippen molar-refractivity contribution in [2.24, 2.45) is 0 Å². The highest BCUT2D eigenvalue weighted by Crippen LogP contribution is 2.22. The van der Waals surface area contributed by atoms with Gasteiger partial charge in [0, 0.05) is 10.5 Å². The molecule has 1 amide bonds. The number of carbonyl (C=O) groups excluding carboxylic acids is 1. The van der Waals surface area contributed by atoms with Crippen LogP contribution in [-0.2, 0) is 4.79 Å². The molecule has 0 fully saturated rings. The standard InChI is InChI=1S/C14H21BrN2O/c1-4-10(2)16-9-14(18)17-11(3)12-7-5-6-8-13(12)15/h5-8,10-11,16H,4,9H2,1-3H3,(H,17,18). The summed E-state index contributed by atoms with van der Waals surface area (Å²) in [6.45, 7) is 6.52. The van der Waals surface area contributed by atoms with Gasteiger partial charge in [-0.05, 0) is 31.9 Å². The van der Waals surface area contributed by atoms with E-state index in [0.29, 0.717) is 12.6 Å². The van der Waals surface area contributed by atoms with Crippen LogP contribution in [0.5, 0.6) is 0 Å². The molecular weight excluding hydrogens is 292 g/mol. The van der Waals surface area contributed by atoms with Crippen molar-refractivity contribution in [3.63, 3.8) is 0 Å². The van der Waals surface area contributed by atoms with Gasteiger partial charge in [-0.3, -0.25) is 4.79 Å². The molecule has 2 unspecified atom stereocenters. The fourth-order valence-electron chi connectivity index (χ4n) is 1.61. The number of amides is 1. The predicted octanol–water partition coefficient (Wildman–Crippen LogP) is 3.01. The van der Waals surface area contributed by atoms with Gasteiger partial charge < -0.3 is 10.6 Å². The molecule has 3 nitrogen and oxygen atoms in total. The van der Waals surface area contributed by atoms with Gasteiger partial charge in [0.15, 0.2) is 0 Å². The molecule has 0 bridgehead atoms. The zero-order valence-electron chi connectivity index (χ0n) is 11.2. The molecular formula is C14H21BrN2O. The Hall–Kier alpha value is -0.870. The molecule has 1 rings (SSSR count). The van der Waals surface area contributed by atoms with Crippen LogP contribution in [0.15, 0.2) is 28.7 Å². The zero-order valence-corrected chi connectivity index (χ0v) is 12.8. The number of hydrogen-bond acceptors (Lipinski definition) is 2. The first kappa shape index (κ1) is 15.2. The Morgan fingerprint density at radius 2 is 2.00 bits per heavy atom. The van der Waals surface area contributed by atoms with E-state index in [4.69, 9.17) is 0 Å². The first-order valence-electron chi connectivity index (χ1n) is 6.31. The molecule has 0 spiro atoms. The third-order valence-electron chi connectivity index (χ3n) is 2.97. The lowest BCUT2D eigenvalue weighted by atomic mass is 10.1. The van der Waals surface area contributed by atoms with Crippen LogP contribution in [0.1, 0.15) is 38.8 Å². The Morgan fingerprint density at radius 1 is 1.33 bits per heavy atom. The fraction of sp³-hybridized carbons (Fsp3) is 0.500. The van der Waals surface area contributed by atoms with Crippen LogP contribution < -0.4 is 10.6 Å². The molecule has 0 saturated carbocycles. The van der Waals surface area contributed by atoms with Crippen LogP contribution in [-0.4, -0.2) is 18.5 Å². The summed E-state index contributed by atoms with van der Waals surface area (Å²) in [5, 5.41) is 6.16. The van der Waals surface area contributed by atoms with Gasteiger partial charge in [0.2, 0.25) is 5.91 Å². The van der Waals surface area contributed by atoms with Crippen LogP contribution >= 0.6 is 15.9 Å². The molecule has 0 aliphatic carbocycles. The summed E-state index contributed by atoms with van der Waals surface area (Å²) < 4.78 is 1.02. The first-order valence-corrected chi connectivity index (χ1v) is 7.11. The van der Waals surface area contributed by atoms with Gasteiger partial charge in [-0.1, -0.05) is 41.1 Å². The van der Waals surface area contributed by atoms with Crippen molar-refractivity contribution in [1.29, 1.82) is 0 Å². The number of rotatable bonds is 6. The molecule has 0 heterocycles. The predicted molar refractivity (Wildman–Crippen MR) is 78.5 cm³/mol. The van der Waals surface area contributed by atoms with Gasteiger partial charge in [-0.15, -0.1) is 0 Å². The molecule has 1 aromatic rings. The monoisotopic (exact) mass is 312 g/mol. The lowest BCUT2D eigenvalue weighted by Crippen LogP contribution is -2.38. The molecule has 0 saturated heterocycles. The minimum atomic E-state index is 0.00630. The highest BCUT2D eigenvalue weighted by atomic mass is 79.9. The quantitative estimate of drug-likeness (QED) is 0.847. The second-order valence-corrected chi connectivity index (χ2v) is 5.36. The van der Waals surface area contributed by atoms with E-state index >= 15 is 0 Å². The van der Waals surface area contributed by atoms with Crippen molar-refractivity contribution >= 4 is 21.8 Å². The average molecular weight is 313 g/mol. The van der Waals surface area contributed by atoms with E-state index in [1.807, 2.05) is 31.2 Å². The summed E-state index contributed by atoms with van der Waals surface area (Å²) in [4.78, 5) is 11.8. The Morgan fingerprint density at radius 3 is 2.61 bits per heavy atom. The second-order valence-electron chi connectivity index (χ2n) is 4.50. The molecule has 0 radical (unpaired) electrons. The summed E-state index contributed by atoms with van der Waals surface area (Å²) in [6.07, 6.45) is 1.02. The number of benzene rings is 1. The molecule has 0 aromatic heterocycles. The topological polar surface area (TPSA) is 41.1 Å². The third-order valence-corrected chi connectivity index (χ3v) is 3.69. The molecule has 2 atom stereocenters. The molecule has 0 aliphatic rings. The van der Waals surface area contributed by atoms with Gasteiger partial charge in [0.05, 0.1) is 12.6 Å². The minimum Gasteiger partial charge on any atom is -0.348 e. The highest BCUT2D eigenvalue weighted by Gasteiger charge is 2.12. The van der Waals surface area contributed by atoms with Crippen LogP contribution in [0.25, 0.3) is 0 Å². The van der Waals surface area contributed by atoms with E-state index in [1.165, 1.54) is 0 Å². The van der Waals surface area contributed by atoms with E-state index in [9.17, 15) is 4.79 Å². The van der Waals surface area contributed by atoms with E-state index in [0.717, 1.165) is 16.5 Å². The van der Waals surface area contributed by atoms with Crippen molar-refractivity contribution in [2.75, 3.05) is 6.54 Å². The maximum Gasteiger partial charge on any atom is 0.234 e. The number of nitrogens with one attached hydrogen (secondary N) is 2. The summed E-state index contributed by atoms with van der Waals surface area (Å²) in [6, 6.07) is 8.31. The Balaban J connectivity index is 2.47. The van der Waals surface area contributed by atoms with Crippen LogP contribution in [0.3, 0.4) is 0 Å². The van der Waals surface area contributed by atoms with E-state index < -0.39 is 0 Å². The summed E-state index contributed by atoms with van der Waals surface area (Å²) >= 11 is 3.49. The lowest BCUT2D eigenvalue weighted by Gasteiger charge is -2.17. The van der Waals surface area contributed by atoms with Crippen molar-refractivity contribution in [3.05, 3.63) is 34.3 Å². The zero-order chi connectivity index (χ0) is 13.5. The summed E-state index contributed by atoms with van der Waals surface area (Å²) in [5.41, 5.74) is 1.09. The maximum absolute atomic E-state index is 11.8. The van der Waals surface area contributed by atoms with Crippen molar-refractivity contribution in [3.8, 4) is 0 Å². The Kier molecular flexibility index (Phi) is 6.36. The largest absolute Gasteiger partial charge is 0.348 e. The number of carbonyl (C=O) groups is 1. The number of halogens is 1.